The van der Waals surface area contributed by atoms with Crippen molar-refractivity contribution in [1.82, 2.24) is 0 Å². The van der Waals surface area contributed by atoms with Crippen molar-refractivity contribution in [2.45, 2.75) is 34.1 Å². The van der Waals surface area contributed by atoms with Gasteiger partial charge in [0.25, 0.3) is 0 Å². The summed E-state index contributed by atoms with van der Waals surface area (Å²) in [7, 11) is 0. The second kappa shape index (κ2) is 4.29. The lowest BCUT2D eigenvalue weighted by molar-refractivity contribution is -0.148. The molecule has 1 N–H and O–H groups in total. The van der Waals surface area contributed by atoms with Gasteiger partial charge in [-0.05, 0) is 19.3 Å². The second-order valence-corrected chi connectivity index (χ2v) is 3.35. The quantitative estimate of drug-likeness (QED) is 0.659. The molecule has 0 aromatic carbocycles. The average Bonchev–Trinajstić information content (AvgIpc) is 1.98. The zero-order chi connectivity index (χ0) is 9.78. The molecule has 1 atom stereocenters. The summed E-state index contributed by atoms with van der Waals surface area (Å²) in [5.41, 5.74) is -0.672. The van der Waals surface area contributed by atoms with E-state index in [2.05, 4.69) is 0 Å². The van der Waals surface area contributed by atoms with Crippen molar-refractivity contribution < 1.29 is 9.90 Å². The van der Waals surface area contributed by atoms with Gasteiger partial charge < -0.3 is 5.11 Å². The van der Waals surface area contributed by atoms with Gasteiger partial charge in [-0.25, -0.2) is 0 Å². The normalized spacial score (nSPS) is 16.8. The number of allylic oxidation sites excluding steroid dienone is 1. The molecule has 0 saturated heterocycles. The molecule has 0 fully saturated rings. The van der Waals surface area contributed by atoms with Crippen LogP contribution in [-0.4, -0.2) is 11.1 Å². The zero-order valence-electron chi connectivity index (χ0n) is 8.29. The van der Waals surface area contributed by atoms with E-state index in [0.29, 0.717) is 6.42 Å². The number of hydrogen-bond donors (Lipinski definition) is 1. The highest BCUT2D eigenvalue weighted by Gasteiger charge is 2.36. The van der Waals surface area contributed by atoms with Gasteiger partial charge in [0.2, 0.25) is 0 Å². The summed E-state index contributed by atoms with van der Waals surface area (Å²) in [6, 6.07) is 0. The first-order valence-corrected chi connectivity index (χ1v) is 4.38. The van der Waals surface area contributed by atoms with Gasteiger partial charge in [0, 0.05) is 0 Å². The average molecular weight is 170 g/mol. The summed E-state index contributed by atoms with van der Waals surface area (Å²) in [5, 5.41) is 9.07. The minimum absolute atomic E-state index is 0.135. The molecule has 0 aliphatic rings. The van der Waals surface area contributed by atoms with Gasteiger partial charge in [0.05, 0.1) is 5.41 Å². The van der Waals surface area contributed by atoms with Crippen molar-refractivity contribution in [3.63, 3.8) is 0 Å². The van der Waals surface area contributed by atoms with Crippen LogP contribution in [0.2, 0.25) is 0 Å². The molecule has 0 aliphatic heterocycles. The smallest absolute Gasteiger partial charge is 0.313 e. The van der Waals surface area contributed by atoms with E-state index >= 15 is 0 Å². The van der Waals surface area contributed by atoms with Gasteiger partial charge in [-0.15, -0.1) is 0 Å². The zero-order valence-corrected chi connectivity index (χ0v) is 8.29. The number of carbonyl (C=O) groups is 1. The third-order valence-corrected chi connectivity index (χ3v) is 2.48. The minimum atomic E-state index is -0.724. The van der Waals surface area contributed by atoms with E-state index in [-0.39, 0.29) is 5.92 Å². The molecule has 0 radical (unpaired) electrons. The Labute approximate surface area is 74.3 Å². The van der Waals surface area contributed by atoms with Gasteiger partial charge in [-0.2, -0.15) is 0 Å². The topological polar surface area (TPSA) is 37.3 Å². The van der Waals surface area contributed by atoms with Crippen molar-refractivity contribution in [1.29, 1.82) is 0 Å². The molecule has 0 aromatic rings. The van der Waals surface area contributed by atoms with E-state index < -0.39 is 11.4 Å². The Morgan fingerprint density at radius 2 is 2.08 bits per heavy atom. The number of carboxylic acid groups (broad SMARTS) is 1. The third-order valence-electron chi connectivity index (χ3n) is 2.48. The highest BCUT2D eigenvalue weighted by atomic mass is 16.4. The Morgan fingerprint density at radius 1 is 1.58 bits per heavy atom. The molecule has 0 bridgehead atoms. The number of rotatable bonds is 4. The maximum Gasteiger partial charge on any atom is 0.313 e. The molecule has 0 spiro atoms. The predicted molar refractivity (Wildman–Crippen MR) is 50.0 cm³/mol. The van der Waals surface area contributed by atoms with Crippen molar-refractivity contribution in [2.75, 3.05) is 0 Å². The number of hydrogen-bond acceptors (Lipinski definition) is 1. The highest BCUT2D eigenvalue weighted by Crippen LogP contribution is 2.33. The maximum atomic E-state index is 11.0. The maximum absolute atomic E-state index is 11.0. The van der Waals surface area contributed by atoms with E-state index in [1.165, 1.54) is 0 Å². The van der Waals surface area contributed by atoms with Gasteiger partial charge in [-0.1, -0.05) is 32.9 Å². The van der Waals surface area contributed by atoms with Crippen LogP contribution in [0.3, 0.4) is 0 Å². The molecule has 0 rings (SSSR count). The van der Waals surface area contributed by atoms with Crippen LogP contribution in [0, 0.1) is 11.3 Å². The van der Waals surface area contributed by atoms with E-state index in [4.69, 9.17) is 5.11 Å². The molecule has 1 unspecified atom stereocenters. The van der Waals surface area contributed by atoms with Crippen LogP contribution in [0.15, 0.2) is 12.2 Å². The van der Waals surface area contributed by atoms with Gasteiger partial charge in [0.1, 0.15) is 0 Å². The monoisotopic (exact) mass is 170 g/mol. The molecule has 0 saturated carbocycles. The van der Waals surface area contributed by atoms with Gasteiger partial charge in [0.15, 0.2) is 0 Å². The van der Waals surface area contributed by atoms with Crippen molar-refractivity contribution in [2.24, 2.45) is 11.3 Å². The molecule has 12 heavy (non-hydrogen) atoms. The first-order chi connectivity index (χ1) is 5.51. The fraction of sp³-hybridized carbons (Fsp3) is 0.700. The lowest BCUT2D eigenvalue weighted by Crippen LogP contribution is -2.33. The fourth-order valence-corrected chi connectivity index (χ4v) is 1.49. The summed E-state index contributed by atoms with van der Waals surface area (Å²) in [6.45, 7) is 7.65. The van der Waals surface area contributed by atoms with E-state index in [1.54, 1.807) is 6.08 Å². The lowest BCUT2D eigenvalue weighted by Gasteiger charge is -2.28. The van der Waals surface area contributed by atoms with Crippen molar-refractivity contribution in [3.05, 3.63) is 12.2 Å². The summed E-state index contributed by atoms with van der Waals surface area (Å²) in [6.07, 6.45) is 4.25. The SMILES string of the molecule is CC=CC(CC)(C(=O)O)C(C)C. The summed E-state index contributed by atoms with van der Waals surface area (Å²) in [5.74, 6) is -0.589. The van der Waals surface area contributed by atoms with Gasteiger partial charge in [-0.3, -0.25) is 4.79 Å². The number of aliphatic carboxylic acids is 1. The first-order valence-electron chi connectivity index (χ1n) is 4.38. The Hall–Kier alpha value is -0.790. The van der Waals surface area contributed by atoms with Crippen LogP contribution < -0.4 is 0 Å². The molecule has 0 heterocycles. The molecular weight excluding hydrogens is 152 g/mol. The molecule has 0 aromatic heterocycles. The summed E-state index contributed by atoms with van der Waals surface area (Å²) >= 11 is 0. The molecule has 70 valence electrons. The van der Waals surface area contributed by atoms with Crippen LogP contribution >= 0.6 is 0 Å². The van der Waals surface area contributed by atoms with Crippen LogP contribution in [0.5, 0.6) is 0 Å². The molecule has 0 amide bonds. The number of carboxylic acids is 1. The minimum Gasteiger partial charge on any atom is -0.481 e. The van der Waals surface area contributed by atoms with E-state index in [1.807, 2.05) is 33.8 Å². The largest absolute Gasteiger partial charge is 0.481 e. The molecule has 2 heteroatoms. The highest BCUT2D eigenvalue weighted by molar-refractivity contribution is 5.77. The summed E-state index contributed by atoms with van der Waals surface area (Å²) < 4.78 is 0. The van der Waals surface area contributed by atoms with E-state index in [9.17, 15) is 4.79 Å². The Morgan fingerprint density at radius 3 is 2.17 bits per heavy atom. The standard InChI is InChI=1S/C10H18O2/c1-5-7-10(6-2,8(3)4)9(11)12/h5,7-8H,6H2,1-4H3,(H,11,12). The van der Waals surface area contributed by atoms with Crippen LogP contribution in [0.1, 0.15) is 34.1 Å². The van der Waals surface area contributed by atoms with Crippen LogP contribution in [0.4, 0.5) is 0 Å². The molecule has 0 aliphatic carbocycles. The van der Waals surface area contributed by atoms with Crippen molar-refractivity contribution in [3.8, 4) is 0 Å². The molecule has 2 nitrogen and oxygen atoms in total. The first kappa shape index (κ1) is 11.2. The summed E-state index contributed by atoms with van der Waals surface area (Å²) in [4.78, 5) is 11.0. The van der Waals surface area contributed by atoms with Crippen molar-refractivity contribution >= 4 is 5.97 Å². The van der Waals surface area contributed by atoms with E-state index in [0.717, 1.165) is 0 Å². The predicted octanol–water partition coefficient (Wildman–Crippen LogP) is 2.70. The Balaban J connectivity index is 4.89. The van der Waals surface area contributed by atoms with Gasteiger partial charge >= 0.3 is 5.97 Å². The third kappa shape index (κ3) is 1.87. The van der Waals surface area contributed by atoms with Crippen LogP contribution in [0.25, 0.3) is 0 Å². The second-order valence-electron chi connectivity index (χ2n) is 3.35. The Bertz CT molecular complexity index is 182. The van der Waals surface area contributed by atoms with Crippen LogP contribution in [-0.2, 0) is 4.79 Å². The lowest BCUT2D eigenvalue weighted by atomic mass is 9.75. The Kier molecular flexibility index (Phi) is 4.01. The molecular formula is C10H18O2. The fourth-order valence-electron chi connectivity index (χ4n) is 1.49.